The number of ether oxygens (including phenoxy) is 1. The van der Waals surface area contributed by atoms with Gasteiger partial charge in [0.05, 0.1) is 7.11 Å². The molecule has 2 heterocycles. The summed E-state index contributed by atoms with van der Waals surface area (Å²) in [6.45, 7) is 0. The van der Waals surface area contributed by atoms with E-state index in [1.54, 1.807) is 13.2 Å². The second-order valence-electron chi connectivity index (χ2n) is 4.01. The Hall–Kier alpha value is -2.62. The first-order valence-corrected chi connectivity index (χ1v) is 5.90. The second-order valence-corrected chi connectivity index (χ2v) is 4.01. The van der Waals surface area contributed by atoms with E-state index >= 15 is 0 Å². The third-order valence-corrected chi connectivity index (χ3v) is 2.76. The van der Waals surface area contributed by atoms with E-state index in [-0.39, 0.29) is 0 Å². The summed E-state index contributed by atoms with van der Waals surface area (Å²) in [7, 11) is 1.59. The number of benzene rings is 1. The van der Waals surface area contributed by atoms with Crippen LogP contribution in [-0.4, -0.2) is 17.3 Å². The molecule has 0 amide bonds. The fourth-order valence-corrected chi connectivity index (χ4v) is 1.81. The maximum Gasteiger partial charge on any atom is 0.213 e. The molecule has 0 saturated heterocycles. The standard InChI is InChI=1S/C15H12N2O2/c1-18-15-9-5-8-12(16-15)14-10-13(17-19-14)11-6-3-2-4-7-11/h2-10H,1H3. The van der Waals surface area contributed by atoms with Crippen LogP contribution in [0.15, 0.2) is 59.1 Å². The SMILES string of the molecule is COc1cccc(-c2cc(-c3ccccc3)no2)n1. The first-order valence-electron chi connectivity index (χ1n) is 5.90. The molecule has 4 heteroatoms. The predicted octanol–water partition coefficient (Wildman–Crippen LogP) is 3.41. The molecule has 0 aliphatic rings. The molecule has 0 unspecified atom stereocenters. The summed E-state index contributed by atoms with van der Waals surface area (Å²) in [6, 6.07) is 17.3. The Kier molecular flexibility index (Phi) is 2.98. The van der Waals surface area contributed by atoms with Crippen molar-refractivity contribution in [1.29, 1.82) is 0 Å². The Balaban J connectivity index is 1.97. The Morgan fingerprint density at radius 3 is 2.58 bits per heavy atom. The van der Waals surface area contributed by atoms with E-state index in [1.807, 2.05) is 48.5 Å². The van der Waals surface area contributed by atoms with Crippen molar-refractivity contribution in [2.75, 3.05) is 7.11 Å². The van der Waals surface area contributed by atoms with Crippen LogP contribution in [0.2, 0.25) is 0 Å². The number of aromatic nitrogens is 2. The van der Waals surface area contributed by atoms with Crippen molar-refractivity contribution in [2.24, 2.45) is 0 Å². The Morgan fingerprint density at radius 1 is 0.947 bits per heavy atom. The first-order chi connectivity index (χ1) is 9.36. The van der Waals surface area contributed by atoms with Crippen LogP contribution >= 0.6 is 0 Å². The summed E-state index contributed by atoms with van der Waals surface area (Å²) in [6.07, 6.45) is 0. The Labute approximate surface area is 110 Å². The van der Waals surface area contributed by atoms with Gasteiger partial charge in [-0.2, -0.15) is 0 Å². The maximum absolute atomic E-state index is 5.34. The molecule has 0 aliphatic heterocycles. The van der Waals surface area contributed by atoms with E-state index in [9.17, 15) is 0 Å². The molecule has 0 fully saturated rings. The third-order valence-electron chi connectivity index (χ3n) is 2.76. The van der Waals surface area contributed by atoms with E-state index < -0.39 is 0 Å². The molecule has 2 aromatic heterocycles. The number of nitrogens with zero attached hydrogens (tertiary/aromatic N) is 2. The minimum atomic E-state index is 0.551. The Bertz CT molecular complexity index is 677. The zero-order valence-electron chi connectivity index (χ0n) is 10.4. The molecule has 0 aliphatic carbocycles. The smallest absolute Gasteiger partial charge is 0.213 e. The van der Waals surface area contributed by atoms with Gasteiger partial charge in [0.15, 0.2) is 5.76 Å². The van der Waals surface area contributed by atoms with Gasteiger partial charge in [-0.1, -0.05) is 41.6 Å². The average molecular weight is 252 g/mol. The van der Waals surface area contributed by atoms with Gasteiger partial charge in [-0.25, -0.2) is 4.98 Å². The van der Waals surface area contributed by atoms with Gasteiger partial charge in [-0.3, -0.25) is 0 Å². The highest BCUT2D eigenvalue weighted by atomic mass is 16.5. The summed E-state index contributed by atoms with van der Waals surface area (Å²) in [5, 5.41) is 4.06. The van der Waals surface area contributed by atoms with Crippen molar-refractivity contribution in [3.8, 4) is 28.6 Å². The van der Waals surface area contributed by atoms with Crippen LogP contribution < -0.4 is 4.74 Å². The number of hydrogen-bond donors (Lipinski definition) is 0. The molecular formula is C15H12N2O2. The summed E-state index contributed by atoms with van der Waals surface area (Å²) < 4.78 is 10.4. The van der Waals surface area contributed by atoms with Crippen LogP contribution in [0.25, 0.3) is 22.7 Å². The molecule has 0 bridgehead atoms. The molecule has 0 N–H and O–H groups in total. The van der Waals surface area contributed by atoms with Crippen LogP contribution in [0, 0.1) is 0 Å². The predicted molar refractivity (Wildman–Crippen MR) is 71.7 cm³/mol. The van der Waals surface area contributed by atoms with Gasteiger partial charge in [0.25, 0.3) is 0 Å². The molecular weight excluding hydrogens is 240 g/mol. The fourth-order valence-electron chi connectivity index (χ4n) is 1.81. The van der Waals surface area contributed by atoms with Gasteiger partial charge < -0.3 is 9.26 Å². The normalized spacial score (nSPS) is 10.4. The summed E-state index contributed by atoms with van der Waals surface area (Å²) in [4.78, 5) is 4.31. The van der Waals surface area contributed by atoms with Gasteiger partial charge in [-0.15, -0.1) is 0 Å². The molecule has 4 nitrogen and oxygen atoms in total. The summed E-state index contributed by atoms with van der Waals surface area (Å²) in [5.41, 5.74) is 2.51. The van der Waals surface area contributed by atoms with Gasteiger partial charge in [0.1, 0.15) is 11.4 Å². The second kappa shape index (κ2) is 4.94. The van der Waals surface area contributed by atoms with Crippen molar-refractivity contribution in [3.63, 3.8) is 0 Å². The highest BCUT2D eigenvalue weighted by Crippen LogP contribution is 2.25. The lowest BCUT2D eigenvalue weighted by atomic mass is 10.1. The quantitative estimate of drug-likeness (QED) is 0.716. The van der Waals surface area contributed by atoms with E-state index in [2.05, 4.69) is 10.1 Å². The first kappa shape index (κ1) is 11.5. The van der Waals surface area contributed by atoms with Crippen molar-refractivity contribution in [2.45, 2.75) is 0 Å². The molecule has 0 radical (unpaired) electrons. The van der Waals surface area contributed by atoms with Gasteiger partial charge in [0.2, 0.25) is 5.88 Å². The zero-order chi connectivity index (χ0) is 13.1. The number of hydrogen-bond acceptors (Lipinski definition) is 4. The van der Waals surface area contributed by atoms with E-state index in [1.165, 1.54) is 0 Å². The van der Waals surface area contributed by atoms with E-state index in [0.29, 0.717) is 17.3 Å². The highest BCUT2D eigenvalue weighted by Gasteiger charge is 2.10. The van der Waals surface area contributed by atoms with Crippen LogP contribution in [0.3, 0.4) is 0 Å². The summed E-state index contributed by atoms with van der Waals surface area (Å²) in [5.74, 6) is 1.17. The van der Waals surface area contributed by atoms with E-state index in [4.69, 9.17) is 9.26 Å². The zero-order valence-corrected chi connectivity index (χ0v) is 10.4. The van der Waals surface area contributed by atoms with E-state index in [0.717, 1.165) is 11.3 Å². The lowest BCUT2D eigenvalue weighted by Gasteiger charge is -1.99. The topological polar surface area (TPSA) is 48.2 Å². The van der Waals surface area contributed by atoms with Crippen molar-refractivity contribution in [3.05, 3.63) is 54.6 Å². The lowest BCUT2D eigenvalue weighted by Crippen LogP contribution is -1.88. The lowest BCUT2D eigenvalue weighted by molar-refractivity contribution is 0.396. The number of pyridine rings is 1. The minimum Gasteiger partial charge on any atom is -0.481 e. The molecule has 3 aromatic rings. The minimum absolute atomic E-state index is 0.551. The van der Waals surface area contributed by atoms with Crippen LogP contribution in [0.1, 0.15) is 0 Å². The van der Waals surface area contributed by atoms with Crippen LogP contribution in [0.4, 0.5) is 0 Å². The molecule has 0 spiro atoms. The average Bonchev–Trinajstić information content (AvgIpc) is 2.98. The Morgan fingerprint density at radius 2 is 1.79 bits per heavy atom. The molecule has 19 heavy (non-hydrogen) atoms. The van der Waals surface area contributed by atoms with Crippen molar-refractivity contribution < 1.29 is 9.26 Å². The highest BCUT2D eigenvalue weighted by molar-refractivity contribution is 5.64. The third kappa shape index (κ3) is 2.33. The summed E-state index contributed by atoms with van der Waals surface area (Å²) >= 11 is 0. The molecule has 3 rings (SSSR count). The van der Waals surface area contributed by atoms with Crippen LogP contribution in [0.5, 0.6) is 5.88 Å². The van der Waals surface area contributed by atoms with Gasteiger partial charge in [-0.05, 0) is 6.07 Å². The monoisotopic (exact) mass is 252 g/mol. The molecule has 0 atom stereocenters. The number of rotatable bonds is 3. The van der Waals surface area contributed by atoms with Crippen molar-refractivity contribution in [1.82, 2.24) is 10.1 Å². The van der Waals surface area contributed by atoms with Gasteiger partial charge in [0, 0.05) is 17.7 Å². The molecule has 0 saturated carbocycles. The fraction of sp³-hybridized carbons (Fsp3) is 0.0667. The van der Waals surface area contributed by atoms with Crippen molar-refractivity contribution >= 4 is 0 Å². The maximum atomic E-state index is 5.34. The number of methoxy groups -OCH3 is 1. The van der Waals surface area contributed by atoms with Crippen LogP contribution in [-0.2, 0) is 0 Å². The molecule has 1 aromatic carbocycles. The largest absolute Gasteiger partial charge is 0.481 e. The van der Waals surface area contributed by atoms with Gasteiger partial charge >= 0.3 is 0 Å². The molecule has 94 valence electrons.